The van der Waals surface area contributed by atoms with Gasteiger partial charge in [0.05, 0.1) is 6.10 Å². The lowest BCUT2D eigenvalue weighted by Gasteiger charge is -2.25. The molecule has 2 heteroatoms. The van der Waals surface area contributed by atoms with E-state index in [1.165, 1.54) is 77.0 Å². The number of nitrogens with zero attached hydrogens (tertiary/aromatic N) is 1. The summed E-state index contributed by atoms with van der Waals surface area (Å²) in [5, 5.41) is 9.52. The van der Waals surface area contributed by atoms with E-state index in [0.29, 0.717) is 6.04 Å². The largest absolute Gasteiger partial charge is 0.393 e. The lowest BCUT2D eigenvalue weighted by molar-refractivity contribution is 0.133. The van der Waals surface area contributed by atoms with Crippen LogP contribution in [0.15, 0.2) is 0 Å². The van der Waals surface area contributed by atoms with Crippen molar-refractivity contribution in [2.75, 3.05) is 14.1 Å². The van der Waals surface area contributed by atoms with E-state index in [1.54, 1.807) is 0 Å². The molecule has 0 aliphatic rings. The molecule has 0 amide bonds. The van der Waals surface area contributed by atoms with Crippen molar-refractivity contribution in [2.45, 2.75) is 109 Å². The van der Waals surface area contributed by atoms with E-state index >= 15 is 0 Å². The Morgan fingerprint density at radius 2 is 1.19 bits per heavy atom. The van der Waals surface area contributed by atoms with Gasteiger partial charge in [0.1, 0.15) is 0 Å². The van der Waals surface area contributed by atoms with Gasteiger partial charge in [0.25, 0.3) is 0 Å². The maximum absolute atomic E-state index is 9.52. The number of rotatable bonds is 15. The molecule has 0 bridgehead atoms. The fraction of sp³-hybridized carbons (Fsp3) is 1.00. The molecule has 0 aromatic carbocycles. The van der Waals surface area contributed by atoms with Crippen molar-refractivity contribution >= 4 is 0 Å². The molecular weight excluding hydrogens is 258 g/mol. The molecule has 2 unspecified atom stereocenters. The zero-order chi connectivity index (χ0) is 15.9. The Kier molecular flexibility index (Phi) is 14.8. The summed E-state index contributed by atoms with van der Waals surface area (Å²) in [4.78, 5) is 2.27. The molecule has 128 valence electrons. The first-order valence-electron chi connectivity index (χ1n) is 9.42. The normalized spacial score (nSPS) is 14.6. The highest BCUT2D eigenvalue weighted by atomic mass is 16.3. The highest BCUT2D eigenvalue weighted by molar-refractivity contribution is 4.69. The van der Waals surface area contributed by atoms with Gasteiger partial charge in [0.15, 0.2) is 0 Å². The summed E-state index contributed by atoms with van der Waals surface area (Å²) in [7, 11) is 4.26. The number of unbranched alkanes of at least 4 members (excludes halogenated alkanes) is 10. The zero-order valence-corrected chi connectivity index (χ0v) is 15.2. The molecule has 0 aromatic rings. The Hall–Kier alpha value is -0.0800. The van der Waals surface area contributed by atoms with Gasteiger partial charge in [0.2, 0.25) is 0 Å². The number of aliphatic hydroxyl groups is 1. The average Bonchev–Trinajstić information content (AvgIpc) is 2.42. The van der Waals surface area contributed by atoms with Gasteiger partial charge in [-0.2, -0.15) is 0 Å². The van der Waals surface area contributed by atoms with Crippen LogP contribution < -0.4 is 0 Å². The van der Waals surface area contributed by atoms with Crippen molar-refractivity contribution in [1.29, 1.82) is 0 Å². The number of aliphatic hydroxyl groups excluding tert-OH is 1. The number of hydrogen-bond donors (Lipinski definition) is 1. The van der Waals surface area contributed by atoms with Crippen molar-refractivity contribution in [1.82, 2.24) is 4.90 Å². The van der Waals surface area contributed by atoms with Crippen molar-refractivity contribution in [3.8, 4) is 0 Å². The van der Waals surface area contributed by atoms with Gasteiger partial charge < -0.3 is 10.0 Å². The first-order valence-corrected chi connectivity index (χ1v) is 9.42. The standard InChI is InChI=1S/C19H41NO/c1-5-6-7-8-9-10-11-12-13-14-15-16-19(20(3)4)17-18(2)21/h18-19,21H,5-17H2,1-4H3. The molecule has 21 heavy (non-hydrogen) atoms. The highest BCUT2D eigenvalue weighted by Crippen LogP contribution is 2.15. The molecular formula is C19H41NO. The third-order valence-electron chi connectivity index (χ3n) is 4.48. The molecule has 0 saturated heterocycles. The highest BCUT2D eigenvalue weighted by Gasteiger charge is 2.13. The predicted octanol–water partition coefficient (Wildman–Crippen LogP) is 5.39. The molecule has 0 fully saturated rings. The lowest BCUT2D eigenvalue weighted by atomic mass is 10.0. The fourth-order valence-electron chi connectivity index (χ4n) is 3.02. The SMILES string of the molecule is CCCCCCCCCCCCCC(CC(C)O)N(C)C. The molecule has 0 heterocycles. The summed E-state index contributed by atoms with van der Waals surface area (Å²) in [6.45, 7) is 4.18. The quantitative estimate of drug-likeness (QED) is 0.410. The van der Waals surface area contributed by atoms with Crippen LogP contribution in [0.2, 0.25) is 0 Å². The van der Waals surface area contributed by atoms with Crippen LogP contribution in [0.25, 0.3) is 0 Å². The van der Waals surface area contributed by atoms with Crippen molar-refractivity contribution in [3.63, 3.8) is 0 Å². The minimum absolute atomic E-state index is 0.176. The molecule has 2 nitrogen and oxygen atoms in total. The number of hydrogen-bond acceptors (Lipinski definition) is 2. The van der Waals surface area contributed by atoms with E-state index in [2.05, 4.69) is 25.9 Å². The summed E-state index contributed by atoms with van der Waals surface area (Å²) >= 11 is 0. The maximum Gasteiger partial charge on any atom is 0.0527 e. The molecule has 0 aliphatic heterocycles. The molecule has 0 spiro atoms. The Morgan fingerprint density at radius 3 is 1.57 bits per heavy atom. The summed E-state index contributed by atoms with van der Waals surface area (Å²) in [5.41, 5.74) is 0. The summed E-state index contributed by atoms with van der Waals surface area (Å²) in [6, 6.07) is 0.545. The summed E-state index contributed by atoms with van der Waals surface area (Å²) < 4.78 is 0. The minimum Gasteiger partial charge on any atom is -0.393 e. The van der Waals surface area contributed by atoms with Crippen LogP contribution >= 0.6 is 0 Å². The van der Waals surface area contributed by atoms with Gasteiger partial charge in [-0.25, -0.2) is 0 Å². The van der Waals surface area contributed by atoms with Gasteiger partial charge in [-0.1, -0.05) is 77.6 Å². The second-order valence-corrected chi connectivity index (χ2v) is 7.03. The monoisotopic (exact) mass is 299 g/mol. The summed E-state index contributed by atoms with van der Waals surface area (Å²) in [5.74, 6) is 0. The zero-order valence-electron chi connectivity index (χ0n) is 15.2. The molecule has 1 N–H and O–H groups in total. The Morgan fingerprint density at radius 1 is 0.762 bits per heavy atom. The second-order valence-electron chi connectivity index (χ2n) is 7.03. The van der Waals surface area contributed by atoms with E-state index in [-0.39, 0.29) is 6.10 Å². The Labute approximate surface area is 134 Å². The smallest absolute Gasteiger partial charge is 0.0527 e. The molecule has 0 radical (unpaired) electrons. The topological polar surface area (TPSA) is 23.5 Å². The average molecular weight is 300 g/mol. The van der Waals surface area contributed by atoms with Gasteiger partial charge in [0, 0.05) is 6.04 Å². The Bertz CT molecular complexity index is 204. The predicted molar refractivity (Wildman–Crippen MR) is 94.9 cm³/mol. The van der Waals surface area contributed by atoms with Crippen LogP contribution in [0.1, 0.15) is 97.3 Å². The molecule has 0 saturated carbocycles. The molecule has 0 rings (SSSR count). The van der Waals surface area contributed by atoms with E-state index in [1.807, 2.05) is 6.92 Å². The molecule has 0 aliphatic carbocycles. The first kappa shape index (κ1) is 20.9. The van der Waals surface area contributed by atoms with E-state index in [4.69, 9.17) is 0 Å². The minimum atomic E-state index is -0.176. The van der Waals surface area contributed by atoms with E-state index < -0.39 is 0 Å². The van der Waals surface area contributed by atoms with E-state index in [9.17, 15) is 5.11 Å². The van der Waals surface area contributed by atoms with Gasteiger partial charge in [-0.05, 0) is 33.9 Å². The van der Waals surface area contributed by atoms with Gasteiger partial charge in [-0.15, -0.1) is 0 Å². The molecule has 2 atom stereocenters. The van der Waals surface area contributed by atoms with Crippen molar-refractivity contribution in [2.24, 2.45) is 0 Å². The van der Waals surface area contributed by atoms with Crippen molar-refractivity contribution < 1.29 is 5.11 Å². The van der Waals surface area contributed by atoms with Crippen LogP contribution in [0, 0.1) is 0 Å². The van der Waals surface area contributed by atoms with Gasteiger partial charge in [-0.3, -0.25) is 0 Å². The van der Waals surface area contributed by atoms with Crippen LogP contribution in [0.5, 0.6) is 0 Å². The van der Waals surface area contributed by atoms with E-state index in [0.717, 1.165) is 6.42 Å². The van der Waals surface area contributed by atoms with Crippen LogP contribution in [0.4, 0.5) is 0 Å². The summed E-state index contributed by atoms with van der Waals surface area (Å²) in [6.07, 6.45) is 17.4. The first-order chi connectivity index (χ1) is 10.1. The Balaban J connectivity index is 3.34. The lowest BCUT2D eigenvalue weighted by Crippen LogP contribution is -2.31. The fourth-order valence-corrected chi connectivity index (χ4v) is 3.02. The maximum atomic E-state index is 9.52. The third-order valence-corrected chi connectivity index (χ3v) is 4.48. The third kappa shape index (κ3) is 14.6. The van der Waals surface area contributed by atoms with Crippen molar-refractivity contribution in [3.05, 3.63) is 0 Å². The van der Waals surface area contributed by atoms with Crippen LogP contribution in [-0.4, -0.2) is 36.2 Å². The van der Waals surface area contributed by atoms with Gasteiger partial charge >= 0.3 is 0 Å². The van der Waals surface area contributed by atoms with Crippen LogP contribution in [-0.2, 0) is 0 Å². The second kappa shape index (κ2) is 14.8. The van der Waals surface area contributed by atoms with Crippen LogP contribution in [0.3, 0.4) is 0 Å². The molecule has 0 aromatic heterocycles.